The first-order valence-electron chi connectivity index (χ1n) is 6.35. The highest BCUT2D eigenvalue weighted by Gasteiger charge is 2.27. The number of hydrogen-bond acceptors (Lipinski definition) is 3. The van der Waals surface area contributed by atoms with Crippen LogP contribution in [0.15, 0.2) is 48.5 Å². The number of thiol groups is 1. The Morgan fingerprint density at radius 1 is 1.11 bits per heavy atom. The summed E-state index contributed by atoms with van der Waals surface area (Å²) in [5.41, 5.74) is 2.45. The fourth-order valence-electron chi connectivity index (χ4n) is 2.55. The molecular weight excluding hydrogens is 256 g/mol. The van der Waals surface area contributed by atoms with Crippen molar-refractivity contribution in [3.05, 3.63) is 59.7 Å². The van der Waals surface area contributed by atoms with E-state index in [2.05, 4.69) is 36.9 Å². The Bertz CT molecular complexity index is 565. The fraction of sp³-hybridized carbons (Fsp3) is 0.250. The number of hydrogen-bond donors (Lipinski definition) is 1. The molecule has 98 valence electrons. The summed E-state index contributed by atoms with van der Waals surface area (Å²) in [4.78, 5) is 0. The summed E-state index contributed by atoms with van der Waals surface area (Å²) >= 11 is 4.49. The molecule has 0 radical (unpaired) electrons. The van der Waals surface area contributed by atoms with E-state index in [9.17, 15) is 0 Å². The molecule has 3 heteroatoms. The molecule has 2 atom stereocenters. The van der Waals surface area contributed by atoms with Crippen LogP contribution in [0.3, 0.4) is 0 Å². The summed E-state index contributed by atoms with van der Waals surface area (Å²) in [5, 5.41) is 0. The SMILES string of the molecule is COc1ccc(C2CC(S)Oc3ccccc32)cc1. The minimum atomic E-state index is -0.0537. The van der Waals surface area contributed by atoms with Crippen LogP contribution in [0.5, 0.6) is 11.5 Å². The third kappa shape index (κ3) is 2.43. The molecule has 2 aromatic carbocycles. The fourth-order valence-corrected chi connectivity index (χ4v) is 2.88. The van der Waals surface area contributed by atoms with Crippen LogP contribution in [0, 0.1) is 0 Å². The van der Waals surface area contributed by atoms with Gasteiger partial charge in [0.1, 0.15) is 16.9 Å². The first-order chi connectivity index (χ1) is 9.28. The van der Waals surface area contributed by atoms with Gasteiger partial charge in [0, 0.05) is 17.9 Å². The topological polar surface area (TPSA) is 18.5 Å². The number of rotatable bonds is 2. The maximum absolute atomic E-state index is 5.77. The minimum Gasteiger partial charge on any atom is -0.497 e. The summed E-state index contributed by atoms with van der Waals surface area (Å²) in [6, 6.07) is 16.4. The van der Waals surface area contributed by atoms with Gasteiger partial charge >= 0.3 is 0 Å². The Hall–Kier alpha value is -1.61. The van der Waals surface area contributed by atoms with Crippen molar-refractivity contribution in [1.29, 1.82) is 0 Å². The molecule has 0 spiro atoms. The number of fused-ring (bicyclic) bond motifs is 1. The predicted octanol–water partition coefficient (Wildman–Crippen LogP) is 3.87. The van der Waals surface area contributed by atoms with Crippen molar-refractivity contribution in [2.24, 2.45) is 0 Å². The highest BCUT2D eigenvalue weighted by molar-refractivity contribution is 7.80. The van der Waals surface area contributed by atoms with Crippen molar-refractivity contribution in [2.45, 2.75) is 17.8 Å². The molecule has 0 N–H and O–H groups in total. The van der Waals surface area contributed by atoms with Gasteiger partial charge in [-0.2, -0.15) is 0 Å². The summed E-state index contributed by atoms with van der Waals surface area (Å²) < 4.78 is 11.0. The van der Waals surface area contributed by atoms with Crippen LogP contribution in [-0.4, -0.2) is 12.5 Å². The predicted molar refractivity (Wildman–Crippen MR) is 79.3 cm³/mol. The Morgan fingerprint density at radius 3 is 2.58 bits per heavy atom. The van der Waals surface area contributed by atoms with Gasteiger partial charge in [0.2, 0.25) is 0 Å². The van der Waals surface area contributed by atoms with Gasteiger partial charge in [-0.25, -0.2) is 0 Å². The third-order valence-electron chi connectivity index (χ3n) is 3.51. The Kier molecular flexibility index (Phi) is 3.38. The van der Waals surface area contributed by atoms with Crippen LogP contribution < -0.4 is 9.47 Å². The van der Waals surface area contributed by atoms with Crippen molar-refractivity contribution in [1.82, 2.24) is 0 Å². The van der Waals surface area contributed by atoms with Crippen molar-refractivity contribution >= 4 is 12.6 Å². The zero-order chi connectivity index (χ0) is 13.2. The van der Waals surface area contributed by atoms with Crippen LogP contribution in [0.2, 0.25) is 0 Å². The molecule has 1 aliphatic rings. The van der Waals surface area contributed by atoms with E-state index in [1.54, 1.807) is 7.11 Å². The van der Waals surface area contributed by atoms with Gasteiger partial charge in [-0.3, -0.25) is 0 Å². The van der Waals surface area contributed by atoms with Gasteiger partial charge in [-0.15, -0.1) is 12.6 Å². The average molecular weight is 272 g/mol. The van der Waals surface area contributed by atoms with E-state index in [0.717, 1.165) is 17.9 Å². The lowest BCUT2D eigenvalue weighted by atomic mass is 9.86. The zero-order valence-corrected chi connectivity index (χ0v) is 11.6. The second-order valence-corrected chi connectivity index (χ2v) is 5.25. The Labute approximate surface area is 118 Å². The number of methoxy groups -OCH3 is 1. The number of benzene rings is 2. The quantitative estimate of drug-likeness (QED) is 0.837. The van der Waals surface area contributed by atoms with E-state index in [-0.39, 0.29) is 5.44 Å². The molecule has 19 heavy (non-hydrogen) atoms. The van der Waals surface area contributed by atoms with E-state index >= 15 is 0 Å². The molecule has 1 aliphatic heterocycles. The highest BCUT2D eigenvalue weighted by atomic mass is 32.1. The summed E-state index contributed by atoms with van der Waals surface area (Å²) in [5.74, 6) is 2.15. The number of para-hydroxylation sites is 1. The highest BCUT2D eigenvalue weighted by Crippen LogP contribution is 2.41. The molecule has 2 nitrogen and oxygen atoms in total. The van der Waals surface area contributed by atoms with Crippen LogP contribution in [0.1, 0.15) is 23.5 Å². The molecule has 0 amide bonds. The molecule has 0 saturated heterocycles. The van der Waals surface area contributed by atoms with Gasteiger partial charge in [-0.1, -0.05) is 30.3 Å². The van der Waals surface area contributed by atoms with Crippen LogP contribution in [0.25, 0.3) is 0 Å². The van der Waals surface area contributed by atoms with E-state index < -0.39 is 0 Å². The van der Waals surface area contributed by atoms with Crippen molar-refractivity contribution in [2.75, 3.05) is 7.11 Å². The Morgan fingerprint density at radius 2 is 1.84 bits per heavy atom. The lowest BCUT2D eigenvalue weighted by Crippen LogP contribution is -2.21. The lowest BCUT2D eigenvalue weighted by Gasteiger charge is -2.30. The maximum atomic E-state index is 5.77. The van der Waals surface area contributed by atoms with E-state index in [1.165, 1.54) is 11.1 Å². The molecule has 0 saturated carbocycles. The van der Waals surface area contributed by atoms with Crippen LogP contribution >= 0.6 is 12.6 Å². The molecule has 2 unspecified atom stereocenters. The van der Waals surface area contributed by atoms with E-state index in [0.29, 0.717) is 5.92 Å². The average Bonchev–Trinajstić information content (AvgIpc) is 2.46. The standard InChI is InChI=1S/C16H16O2S/c1-17-12-8-6-11(7-9-12)14-10-16(19)18-15-5-3-2-4-13(14)15/h2-9,14,16,19H,10H2,1H3. The van der Waals surface area contributed by atoms with Crippen LogP contribution in [-0.2, 0) is 0 Å². The third-order valence-corrected chi connectivity index (χ3v) is 3.83. The summed E-state index contributed by atoms with van der Waals surface area (Å²) in [6.45, 7) is 0. The second-order valence-electron chi connectivity index (χ2n) is 4.67. The molecule has 0 aliphatic carbocycles. The van der Waals surface area contributed by atoms with Gasteiger partial charge in [0.05, 0.1) is 7.11 Å². The van der Waals surface area contributed by atoms with Crippen molar-refractivity contribution in [3.63, 3.8) is 0 Å². The molecule has 1 heterocycles. The van der Waals surface area contributed by atoms with Gasteiger partial charge in [0.25, 0.3) is 0 Å². The smallest absolute Gasteiger partial charge is 0.142 e. The number of ether oxygens (including phenoxy) is 2. The first kappa shape index (κ1) is 12.4. The van der Waals surface area contributed by atoms with E-state index in [4.69, 9.17) is 9.47 Å². The minimum absolute atomic E-state index is 0.0537. The van der Waals surface area contributed by atoms with Crippen molar-refractivity contribution < 1.29 is 9.47 Å². The first-order valence-corrected chi connectivity index (χ1v) is 6.87. The lowest BCUT2D eigenvalue weighted by molar-refractivity contribution is 0.247. The molecule has 0 fully saturated rings. The summed E-state index contributed by atoms with van der Waals surface area (Å²) in [7, 11) is 1.68. The maximum Gasteiger partial charge on any atom is 0.142 e. The van der Waals surface area contributed by atoms with Gasteiger partial charge in [-0.05, 0) is 23.8 Å². The largest absolute Gasteiger partial charge is 0.497 e. The normalized spacial score (nSPS) is 21.4. The molecular formula is C16H16O2S. The Balaban J connectivity index is 1.99. The van der Waals surface area contributed by atoms with Crippen molar-refractivity contribution in [3.8, 4) is 11.5 Å². The second kappa shape index (κ2) is 5.17. The molecule has 0 bridgehead atoms. The van der Waals surface area contributed by atoms with Gasteiger partial charge in [0.15, 0.2) is 0 Å². The molecule has 2 aromatic rings. The summed E-state index contributed by atoms with van der Waals surface area (Å²) in [6.07, 6.45) is 0.881. The van der Waals surface area contributed by atoms with E-state index in [1.807, 2.05) is 24.3 Å². The van der Waals surface area contributed by atoms with Gasteiger partial charge < -0.3 is 9.47 Å². The molecule has 3 rings (SSSR count). The molecule has 0 aromatic heterocycles. The monoisotopic (exact) mass is 272 g/mol. The zero-order valence-electron chi connectivity index (χ0n) is 10.7. The van der Waals surface area contributed by atoms with Crippen LogP contribution in [0.4, 0.5) is 0 Å².